The number of aromatic nitrogens is 1. The summed E-state index contributed by atoms with van der Waals surface area (Å²) in [5.41, 5.74) is 5.59. The Bertz CT molecular complexity index is 1170. The Kier molecular flexibility index (Phi) is 9.05. The second kappa shape index (κ2) is 12.3. The van der Waals surface area contributed by atoms with Crippen LogP contribution in [0, 0.1) is 17.2 Å². The number of carboxylic acids is 1. The van der Waals surface area contributed by atoms with Gasteiger partial charge in [0.15, 0.2) is 24.4 Å². The van der Waals surface area contributed by atoms with Crippen molar-refractivity contribution in [2.45, 2.75) is 44.7 Å². The number of aliphatic carboxylic acids is 1. The smallest absolute Gasteiger partial charge is 0.327 e. The fraction of sp³-hybridized carbons (Fsp3) is 0.640. The lowest BCUT2D eigenvalue weighted by atomic mass is 9.78. The van der Waals surface area contributed by atoms with Crippen molar-refractivity contribution < 1.29 is 32.5 Å². The molecule has 14 heteroatoms. The lowest BCUT2D eigenvalue weighted by Crippen LogP contribution is -2.70. The maximum atomic E-state index is 13.1. The molecule has 0 saturated carbocycles. The molecule has 0 spiro atoms. The number of hydrogen-bond acceptors (Lipinski definition) is 6. The number of piperidine rings is 1. The predicted octanol–water partition coefficient (Wildman–Crippen LogP) is -0.271. The highest BCUT2D eigenvalue weighted by atomic mass is 32.2. The normalized spacial score (nSPS) is 24.4. The fourth-order valence-corrected chi connectivity index (χ4v) is 7.26. The van der Waals surface area contributed by atoms with E-state index in [9.17, 15) is 27.9 Å². The first-order valence-electron chi connectivity index (χ1n) is 13.4. The topological polar surface area (TPSA) is 172 Å². The Morgan fingerprint density at radius 1 is 1.05 bits per heavy atom. The molecule has 1 aromatic heterocycles. The van der Waals surface area contributed by atoms with Crippen LogP contribution in [0.1, 0.15) is 32.1 Å². The average molecular weight is 565 g/mol. The third kappa shape index (κ3) is 6.67. The molecule has 2 unspecified atom stereocenters. The highest BCUT2D eigenvalue weighted by molar-refractivity contribution is 7.89. The van der Waals surface area contributed by atoms with E-state index in [1.165, 1.54) is 9.21 Å². The van der Waals surface area contributed by atoms with Crippen LogP contribution in [0.5, 0.6) is 0 Å². The van der Waals surface area contributed by atoms with Gasteiger partial charge >= 0.3 is 12.0 Å². The van der Waals surface area contributed by atoms with Crippen LogP contribution >= 0.6 is 0 Å². The number of aryl methyl sites for hydroxylation is 1. The van der Waals surface area contributed by atoms with Crippen LogP contribution < -0.4 is 10.3 Å². The van der Waals surface area contributed by atoms with Crippen molar-refractivity contribution in [2.75, 3.05) is 45.0 Å². The number of amides is 3. The number of rotatable bonds is 9. The van der Waals surface area contributed by atoms with Crippen molar-refractivity contribution in [3.8, 4) is 0 Å². The van der Waals surface area contributed by atoms with Crippen molar-refractivity contribution >= 4 is 33.9 Å². The molecule has 3 atom stereocenters. The molecule has 3 saturated heterocycles. The lowest BCUT2D eigenvalue weighted by Gasteiger charge is -2.47. The number of imide groups is 1. The highest BCUT2D eigenvalue weighted by Gasteiger charge is 2.56. The SMILES string of the molecule is N=C(N)N1CCCC(C[C@H]2C(=O)N(C(=O)N3CCN(S(=O)(=O)CCCC[n+]4ccccc4)CC3)C2C(=O)O)C1. The number of guanidine groups is 1. The van der Waals surface area contributed by atoms with Crippen LogP contribution in [0.15, 0.2) is 30.6 Å². The molecule has 13 nitrogen and oxygen atoms in total. The number of likely N-dealkylation sites (tertiary alicyclic amines) is 2. The molecular formula is C25H38N7O6S+. The van der Waals surface area contributed by atoms with Gasteiger partial charge in [0, 0.05) is 57.8 Å². The number of β-lactam (4-membered cyclic amide) rings is 1. The number of hydrogen-bond donors (Lipinski definition) is 3. The number of pyridine rings is 1. The maximum Gasteiger partial charge on any atom is 0.327 e. The van der Waals surface area contributed by atoms with Gasteiger partial charge in [-0.1, -0.05) is 6.07 Å². The molecule has 0 bridgehead atoms. The van der Waals surface area contributed by atoms with Crippen LogP contribution in [0.4, 0.5) is 4.79 Å². The zero-order chi connectivity index (χ0) is 28.2. The molecule has 1 aromatic rings. The summed E-state index contributed by atoms with van der Waals surface area (Å²) in [6.07, 6.45) is 7.01. The Labute approximate surface area is 228 Å². The van der Waals surface area contributed by atoms with E-state index in [-0.39, 0.29) is 43.8 Å². The molecular weight excluding hydrogens is 526 g/mol. The Morgan fingerprint density at radius 2 is 1.74 bits per heavy atom. The molecule has 4 rings (SSSR count). The number of carbonyl (C=O) groups excluding carboxylic acids is 2. The molecule has 3 aliphatic heterocycles. The summed E-state index contributed by atoms with van der Waals surface area (Å²) < 4.78 is 29.0. The first kappa shape index (κ1) is 28.7. The first-order valence-corrected chi connectivity index (χ1v) is 15.0. The van der Waals surface area contributed by atoms with Gasteiger partial charge in [-0.25, -0.2) is 27.5 Å². The molecule has 39 heavy (non-hydrogen) atoms. The quantitative estimate of drug-likeness (QED) is 0.121. The monoisotopic (exact) mass is 564 g/mol. The number of carboxylic acid groups (broad SMARTS) is 1. The summed E-state index contributed by atoms with van der Waals surface area (Å²) >= 11 is 0. The van der Waals surface area contributed by atoms with Crippen molar-refractivity contribution in [1.82, 2.24) is 19.0 Å². The van der Waals surface area contributed by atoms with Gasteiger partial charge in [-0.05, 0) is 31.6 Å². The number of nitrogens with zero attached hydrogens (tertiary/aromatic N) is 5. The van der Waals surface area contributed by atoms with Crippen molar-refractivity contribution in [3.05, 3.63) is 30.6 Å². The van der Waals surface area contributed by atoms with E-state index in [0.29, 0.717) is 25.9 Å². The number of urea groups is 1. The molecule has 0 aliphatic carbocycles. The molecule has 3 fully saturated rings. The summed E-state index contributed by atoms with van der Waals surface area (Å²) in [5.74, 6) is -2.57. The van der Waals surface area contributed by atoms with Gasteiger partial charge in [0.05, 0.1) is 11.7 Å². The van der Waals surface area contributed by atoms with Crippen LogP contribution in [0.2, 0.25) is 0 Å². The van der Waals surface area contributed by atoms with Crippen molar-refractivity contribution in [3.63, 3.8) is 0 Å². The predicted molar refractivity (Wildman–Crippen MR) is 141 cm³/mol. The number of nitrogens with one attached hydrogen (secondary N) is 1. The molecule has 4 heterocycles. The molecule has 3 amide bonds. The van der Waals surface area contributed by atoms with E-state index < -0.39 is 39.9 Å². The minimum Gasteiger partial charge on any atom is -0.480 e. The van der Waals surface area contributed by atoms with Gasteiger partial charge in [-0.2, -0.15) is 4.31 Å². The second-order valence-electron chi connectivity index (χ2n) is 10.5. The van der Waals surface area contributed by atoms with Crippen LogP contribution in [-0.4, -0.2) is 107 Å². The summed E-state index contributed by atoms with van der Waals surface area (Å²) in [7, 11) is -3.49. The van der Waals surface area contributed by atoms with Gasteiger partial charge < -0.3 is 20.6 Å². The van der Waals surface area contributed by atoms with Crippen molar-refractivity contribution in [1.29, 1.82) is 5.41 Å². The van der Waals surface area contributed by atoms with Gasteiger partial charge in [-0.3, -0.25) is 10.2 Å². The number of carbonyl (C=O) groups is 3. The zero-order valence-corrected chi connectivity index (χ0v) is 22.8. The lowest BCUT2D eigenvalue weighted by molar-refractivity contribution is -0.697. The second-order valence-corrected chi connectivity index (χ2v) is 12.6. The van der Waals surface area contributed by atoms with Crippen LogP contribution in [-0.2, 0) is 26.2 Å². The summed E-state index contributed by atoms with van der Waals surface area (Å²) in [4.78, 5) is 42.0. The Hall–Kier alpha value is -3.26. The zero-order valence-electron chi connectivity index (χ0n) is 22.0. The van der Waals surface area contributed by atoms with Crippen LogP contribution in [0.3, 0.4) is 0 Å². The largest absolute Gasteiger partial charge is 0.480 e. The Morgan fingerprint density at radius 3 is 2.38 bits per heavy atom. The summed E-state index contributed by atoms with van der Waals surface area (Å²) in [6.45, 7) is 2.27. The van der Waals surface area contributed by atoms with Gasteiger partial charge in [-0.15, -0.1) is 0 Å². The third-order valence-corrected chi connectivity index (χ3v) is 9.82. The van der Waals surface area contributed by atoms with E-state index in [0.717, 1.165) is 30.7 Å². The summed E-state index contributed by atoms with van der Waals surface area (Å²) in [5, 5.41) is 17.5. The minimum absolute atomic E-state index is 0.00994. The number of sulfonamides is 1. The molecule has 3 aliphatic rings. The number of unbranched alkanes of at least 4 members (excludes halogenated alkanes) is 1. The van der Waals surface area contributed by atoms with Gasteiger partial charge in [0.1, 0.15) is 6.54 Å². The molecule has 4 N–H and O–H groups in total. The number of nitrogens with two attached hydrogens (primary N) is 1. The molecule has 0 radical (unpaired) electrons. The van der Waals surface area contributed by atoms with Gasteiger partial charge in [0.2, 0.25) is 15.9 Å². The summed E-state index contributed by atoms with van der Waals surface area (Å²) in [6, 6.07) is 3.83. The maximum absolute atomic E-state index is 13.1. The van der Waals surface area contributed by atoms with E-state index >= 15 is 0 Å². The average Bonchev–Trinajstić information content (AvgIpc) is 2.93. The minimum atomic E-state index is -3.49. The van der Waals surface area contributed by atoms with E-state index in [1.807, 2.05) is 35.2 Å². The Balaban J connectivity index is 1.26. The highest BCUT2D eigenvalue weighted by Crippen LogP contribution is 2.36. The standard InChI is InChI=1S/C25H37N7O6S/c26-24(27)30-11-6-7-19(18-30)17-20-21(23(34)35)32(22(20)33)25(36)29-12-14-31(15-13-29)39(37,38)16-5-4-10-28-8-2-1-3-9-28/h1-3,8-9,19-21H,4-7,10-18H2,(H3-,26,27,34,35)/p+1/t19?,20-,21?/m1/s1. The van der Waals surface area contributed by atoms with Gasteiger partial charge in [0.25, 0.3) is 0 Å². The molecule has 0 aromatic carbocycles. The first-order chi connectivity index (χ1) is 18.6. The number of piperazine rings is 1. The van der Waals surface area contributed by atoms with Crippen LogP contribution in [0.25, 0.3) is 0 Å². The van der Waals surface area contributed by atoms with Crippen molar-refractivity contribution in [2.24, 2.45) is 17.6 Å². The molecule has 214 valence electrons. The fourth-order valence-electron chi connectivity index (χ4n) is 5.71. The third-order valence-electron chi connectivity index (χ3n) is 7.87. The van der Waals surface area contributed by atoms with E-state index in [1.54, 1.807) is 4.90 Å². The van der Waals surface area contributed by atoms with E-state index in [2.05, 4.69) is 0 Å². The van der Waals surface area contributed by atoms with E-state index in [4.69, 9.17) is 11.1 Å².